The first-order chi connectivity index (χ1) is 13.2. The second-order valence-corrected chi connectivity index (χ2v) is 6.39. The van der Waals surface area contributed by atoms with E-state index in [1.165, 1.54) is 0 Å². The molecule has 0 spiro atoms. The molecule has 138 valence electrons. The number of hydrogen-bond donors (Lipinski definition) is 2. The Hall–Kier alpha value is -2.98. The Morgan fingerprint density at radius 1 is 0.852 bits per heavy atom. The van der Waals surface area contributed by atoms with Crippen molar-refractivity contribution in [2.24, 2.45) is 0 Å². The highest BCUT2D eigenvalue weighted by Crippen LogP contribution is 2.22. The molecule has 2 N–H and O–H groups in total. The van der Waals surface area contributed by atoms with Crippen LogP contribution in [0.1, 0.15) is 12.0 Å². The van der Waals surface area contributed by atoms with Gasteiger partial charge in [0.2, 0.25) is 5.91 Å². The van der Waals surface area contributed by atoms with E-state index in [9.17, 15) is 4.79 Å². The quantitative estimate of drug-likeness (QED) is 0.561. The molecule has 0 aromatic heterocycles. The molecule has 0 aliphatic rings. The van der Waals surface area contributed by atoms with Crippen molar-refractivity contribution in [1.29, 1.82) is 0 Å². The van der Waals surface area contributed by atoms with E-state index in [0.717, 1.165) is 22.7 Å². The molecule has 0 bridgehead atoms. The molecule has 27 heavy (non-hydrogen) atoms. The van der Waals surface area contributed by atoms with Crippen LogP contribution < -0.4 is 15.4 Å². The lowest BCUT2D eigenvalue weighted by Crippen LogP contribution is -2.25. The van der Waals surface area contributed by atoms with Gasteiger partial charge in [-0.1, -0.05) is 48.0 Å². The fourth-order valence-corrected chi connectivity index (χ4v) is 2.71. The van der Waals surface area contributed by atoms with Crippen molar-refractivity contribution in [2.75, 3.05) is 11.9 Å². The summed E-state index contributed by atoms with van der Waals surface area (Å²) in [4.78, 5) is 12.0. The molecule has 0 fully saturated rings. The maximum absolute atomic E-state index is 12.0. The molecule has 0 saturated heterocycles. The number of benzene rings is 3. The summed E-state index contributed by atoms with van der Waals surface area (Å²) in [7, 11) is 0. The van der Waals surface area contributed by atoms with Crippen LogP contribution in [0.25, 0.3) is 0 Å². The molecule has 0 aliphatic heterocycles. The standard InChI is InChI=1S/C22H21ClN2O2/c23-21-9-5-4-6-17(21)16-25-22(26)14-15-24-18-10-12-20(13-11-18)27-19-7-2-1-3-8-19/h1-13,24H,14-16H2,(H,25,26). The van der Waals surface area contributed by atoms with Gasteiger partial charge in [0.05, 0.1) is 0 Å². The normalized spacial score (nSPS) is 10.3. The van der Waals surface area contributed by atoms with Crippen molar-refractivity contribution in [1.82, 2.24) is 5.32 Å². The minimum atomic E-state index is -0.0218. The fraction of sp³-hybridized carbons (Fsp3) is 0.136. The van der Waals surface area contributed by atoms with E-state index in [1.54, 1.807) is 0 Å². The van der Waals surface area contributed by atoms with E-state index in [1.807, 2.05) is 78.9 Å². The lowest BCUT2D eigenvalue weighted by Gasteiger charge is -2.10. The van der Waals surface area contributed by atoms with Crippen LogP contribution in [0.4, 0.5) is 5.69 Å². The van der Waals surface area contributed by atoms with E-state index in [-0.39, 0.29) is 5.91 Å². The van der Waals surface area contributed by atoms with Crippen molar-refractivity contribution < 1.29 is 9.53 Å². The molecule has 3 rings (SSSR count). The van der Waals surface area contributed by atoms with Gasteiger partial charge in [-0.3, -0.25) is 4.79 Å². The number of nitrogens with one attached hydrogen (secondary N) is 2. The highest BCUT2D eigenvalue weighted by molar-refractivity contribution is 6.31. The third kappa shape index (κ3) is 6.04. The number of halogens is 1. The molecule has 0 heterocycles. The second kappa shape index (κ2) is 9.64. The zero-order chi connectivity index (χ0) is 18.9. The number of amides is 1. The summed E-state index contributed by atoms with van der Waals surface area (Å²) in [5.74, 6) is 1.55. The summed E-state index contributed by atoms with van der Waals surface area (Å²) >= 11 is 6.08. The third-order valence-corrected chi connectivity index (χ3v) is 4.32. The van der Waals surface area contributed by atoms with Crippen LogP contribution in [-0.2, 0) is 11.3 Å². The van der Waals surface area contributed by atoms with Crippen LogP contribution in [-0.4, -0.2) is 12.5 Å². The Morgan fingerprint density at radius 3 is 2.26 bits per heavy atom. The lowest BCUT2D eigenvalue weighted by atomic mass is 10.2. The number of anilines is 1. The zero-order valence-electron chi connectivity index (χ0n) is 14.8. The van der Waals surface area contributed by atoms with Gasteiger partial charge in [-0.25, -0.2) is 0 Å². The molecule has 0 atom stereocenters. The minimum absolute atomic E-state index is 0.0218. The van der Waals surface area contributed by atoms with Crippen molar-refractivity contribution in [3.63, 3.8) is 0 Å². The smallest absolute Gasteiger partial charge is 0.222 e. The highest BCUT2D eigenvalue weighted by atomic mass is 35.5. The number of carbonyl (C=O) groups excluding carboxylic acids is 1. The average Bonchev–Trinajstić information content (AvgIpc) is 2.69. The third-order valence-electron chi connectivity index (χ3n) is 3.95. The molecule has 0 radical (unpaired) electrons. The fourth-order valence-electron chi connectivity index (χ4n) is 2.51. The van der Waals surface area contributed by atoms with Crippen molar-refractivity contribution in [2.45, 2.75) is 13.0 Å². The molecule has 1 amide bonds. The molecule has 0 unspecified atom stereocenters. The van der Waals surface area contributed by atoms with Crippen molar-refractivity contribution in [3.8, 4) is 11.5 Å². The van der Waals surface area contributed by atoms with E-state index < -0.39 is 0 Å². The van der Waals surface area contributed by atoms with Gasteiger partial charge in [0.1, 0.15) is 11.5 Å². The van der Waals surface area contributed by atoms with Gasteiger partial charge < -0.3 is 15.4 Å². The summed E-state index contributed by atoms with van der Waals surface area (Å²) in [6.45, 7) is 0.983. The largest absolute Gasteiger partial charge is 0.457 e. The second-order valence-electron chi connectivity index (χ2n) is 5.98. The molecular weight excluding hydrogens is 360 g/mol. The topological polar surface area (TPSA) is 50.4 Å². The number of hydrogen-bond acceptors (Lipinski definition) is 3. The Bertz CT molecular complexity index is 867. The average molecular weight is 381 g/mol. The van der Waals surface area contributed by atoms with Crippen LogP contribution in [0.3, 0.4) is 0 Å². The molecule has 0 saturated carbocycles. The Labute approximate surface area is 164 Å². The van der Waals surface area contributed by atoms with E-state index in [4.69, 9.17) is 16.3 Å². The first kappa shape index (κ1) is 18.8. The molecule has 3 aromatic carbocycles. The van der Waals surface area contributed by atoms with Crippen LogP contribution >= 0.6 is 11.6 Å². The predicted octanol–water partition coefficient (Wildman–Crippen LogP) is 5.25. The highest BCUT2D eigenvalue weighted by Gasteiger charge is 2.04. The van der Waals surface area contributed by atoms with Crippen molar-refractivity contribution in [3.05, 3.63) is 89.4 Å². The number of ether oxygens (including phenoxy) is 1. The Morgan fingerprint density at radius 2 is 1.52 bits per heavy atom. The summed E-state index contributed by atoms with van der Waals surface area (Å²) in [5, 5.41) is 6.77. The van der Waals surface area contributed by atoms with Gasteiger partial charge >= 0.3 is 0 Å². The number of carbonyl (C=O) groups is 1. The number of rotatable bonds is 8. The van der Waals surface area contributed by atoms with E-state index in [2.05, 4.69) is 10.6 Å². The van der Waals surface area contributed by atoms with Crippen LogP contribution in [0.15, 0.2) is 78.9 Å². The zero-order valence-corrected chi connectivity index (χ0v) is 15.6. The summed E-state index contributed by atoms with van der Waals surface area (Å²) in [5.41, 5.74) is 1.85. The lowest BCUT2D eigenvalue weighted by molar-refractivity contribution is -0.121. The van der Waals surface area contributed by atoms with Crippen LogP contribution in [0.5, 0.6) is 11.5 Å². The molecule has 5 heteroatoms. The summed E-state index contributed by atoms with van der Waals surface area (Å²) in [6.07, 6.45) is 0.382. The van der Waals surface area contributed by atoms with E-state index >= 15 is 0 Å². The maximum Gasteiger partial charge on any atom is 0.222 e. The van der Waals surface area contributed by atoms with Gasteiger partial charge in [-0.15, -0.1) is 0 Å². The van der Waals surface area contributed by atoms with Crippen molar-refractivity contribution >= 4 is 23.2 Å². The Kier molecular flexibility index (Phi) is 6.72. The van der Waals surface area contributed by atoms with E-state index in [0.29, 0.717) is 24.5 Å². The van der Waals surface area contributed by atoms with Gasteiger partial charge in [0.15, 0.2) is 0 Å². The molecule has 3 aromatic rings. The summed E-state index contributed by atoms with van der Waals surface area (Å²) < 4.78 is 5.76. The summed E-state index contributed by atoms with van der Waals surface area (Å²) in [6, 6.07) is 24.8. The Balaban J connectivity index is 1.39. The van der Waals surface area contributed by atoms with Gasteiger partial charge in [-0.2, -0.15) is 0 Å². The van der Waals surface area contributed by atoms with Gasteiger partial charge in [-0.05, 0) is 48.0 Å². The first-order valence-electron chi connectivity index (χ1n) is 8.77. The van der Waals surface area contributed by atoms with Crippen LogP contribution in [0, 0.1) is 0 Å². The monoisotopic (exact) mass is 380 g/mol. The SMILES string of the molecule is O=C(CCNc1ccc(Oc2ccccc2)cc1)NCc1ccccc1Cl. The molecular formula is C22H21ClN2O2. The minimum Gasteiger partial charge on any atom is -0.457 e. The first-order valence-corrected chi connectivity index (χ1v) is 9.15. The predicted molar refractivity (Wildman–Crippen MR) is 109 cm³/mol. The number of para-hydroxylation sites is 1. The molecule has 0 aliphatic carbocycles. The van der Waals surface area contributed by atoms with Gasteiger partial charge in [0.25, 0.3) is 0 Å². The maximum atomic E-state index is 12.0. The van der Waals surface area contributed by atoms with Gasteiger partial charge in [0, 0.05) is 30.2 Å². The van der Waals surface area contributed by atoms with Crippen LogP contribution in [0.2, 0.25) is 5.02 Å². The molecule has 4 nitrogen and oxygen atoms in total.